The SMILES string of the molecule is C=C=C(C(=C)C(CCC)c1ccccc1)c1cc(F)cc(CC(C=C)C(=O)CC(C)(C)C(C)C)c1. The van der Waals surface area contributed by atoms with Crippen molar-refractivity contribution in [1.82, 2.24) is 0 Å². The lowest BCUT2D eigenvalue weighted by Crippen LogP contribution is -2.27. The fraction of sp³-hybridized carbons (Fsp3) is 0.394. The Hall–Kier alpha value is -2.96. The smallest absolute Gasteiger partial charge is 0.140 e. The zero-order valence-corrected chi connectivity index (χ0v) is 22.2. The number of Topliss-reactive ketones (excluding diaryl/α,β-unsaturated/α-hetero) is 1. The Balaban J connectivity index is 2.35. The normalized spacial score (nSPS) is 13.1. The Morgan fingerprint density at radius 3 is 2.34 bits per heavy atom. The van der Waals surface area contributed by atoms with Crippen LogP contribution >= 0.6 is 0 Å². The lowest BCUT2D eigenvalue weighted by Gasteiger charge is -2.29. The van der Waals surface area contributed by atoms with Crippen LogP contribution in [0.25, 0.3) is 5.57 Å². The number of hydrogen-bond donors (Lipinski definition) is 0. The van der Waals surface area contributed by atoms with E-state index in [1.54, 1.807) is 6.08 Å². The van der Waals surface area contributed by atoms with E-state index < -0.39 is 0 Å². The van der Waals surface area contributed by atoms with Gasteiger partial charge >= 0.3 is 0 Å². The molecule has 2 aromatic rings. The van der Waals surface area contributed by atoms with Crippen molar-refractivity contribution in [2.75, 3.05) is 0 Å². The summed E-state index contributed by atoms with van der Waals surface area (Å²) in [5.41, 5.74) is 7.14. The highest BCUT2D eigenvalue weighted by molar-refractivity contribution is 5.84. The van der Waals surface area contributed by atoms with E-state index in [2.05, 4.69) is 72.2 Å². The van der Waals surface area contributed by atoms with Crippen LogP contribution in [0.3, 0.4) is 0 Å². The first-order chi connectivity index (χ1) is 16.5. The maximum absolute atomic E-state index is 14.8. The molecule has 0 aliphatic heterocycles. The highest BCUT2D eigenvalue weighted by Gasteiger charge is 2.29. The molecular formula is C33H41FO. The minimum Gasteiger partial charge on any atom is -0.299 e. The van der Waals surface area contributed by atoms with Crippen LogP contribution in [0.2, 0.25) is 0 Å². The molecule has 0 fully saturated rings. The second-order valence-corrected chi connectivity index (χ2v) is 10.5. The summed E-state index contributed by atoms with van der Waals surface area (Å²) in [6, 6.07) is 15.2. The fourth-order valence-electron chi connectivity index (χ4n) is 4.37. The van der Waals surface area contributed by atoms with E-state index in [9.17, 15) is 9.18 Å². The van der Waals surface area contributed by atoms with Crippen LogP contribution in [0.1, 0.15) is 76.5 Å². The zero-order chi connectivity index (χ0) is 26.2. The van der Waals surface area contributed by atoms with E-state index in [0.29, 0.717) is 24.3 Å². The average molecular weight is 473 g/mol. The largest absolute Gasteiger partial charge is 0.299 e. The molecule has 0 aromatic heterocycles. The summed E-state index contributed by atoms with van der Waals surface area (Å²) in [6.45, 7) is 22.8. The number of halogens is 1. The monoisotopic (exact) mass is 472 g/mol. The van der Waals surface area contributed by atoms with Crippen molar-refractivity contribution in [3.05, 3.63) is 108 Å². The van der Waals surface area contributed by atoms with Gasteiger partial charge in [-0.2, -0.15) is 0 Å². The van der Waals surface area contributed by atoms with Gasteiger partial charge in [0.25, 0.3) is 0 Å². The zero-order valence-electron chi connectivity index (χ0n) is 22.2. The molecule has 0 amide bonds. The van der Waals surface area contributed by atoms with Crippen LogP contribution in [0, 0.1) is 23.1 Å². The molecule has 0 spiro atoms. The van der Waals surface area contributed by atoms with Crippen molar-refractivity contribution in [3.63, 3.8) is 0 Å². The summed E-state index contributed by atoms with van der Waals surface area (Å²) < 4.78 is 14.8. The van der Waals surface area contributed by atoms with Gasteiger partial charge in [0, 0.05) is 23.8 Å². The van der Waals surface area contributed by atoms with Gasteiger partial charge in [0.2, 0.25) is 0 Å². The predicted octanol–water partition coefficient (Wildman–Crippen LogP) is 9.12. The first-order valence-corrected chi connectivity index (χ1v) is 12.6. The van der Waals surface area contributed by atoms with Crippen molar-refractivity contribution in [2.24, 2.45) is 17.3 Å². The Morgan fingerprint density at radius 2 is 1.80 bits per heavy atom. The molecule has 0 N–H and O–H groups in total. The van der Waals surface area contributed by atoms with Crippen molar-refractivity contribution in [1.29, 1.82) is 0 Å². The van der Waals surface area contributed by atoms with Crippen molar-refractivity contribution >= 4 is 11.4 Å². The number of rotatable bonds is 13. The average Bonchev–Trinajstić information content (AvgIpc) is 2.81. The molecule has 0 radical (unpaired) electrons. The molecular weight excluding hydrogens is 431 g/mol. The molecule has 2 unspecified atom stereocenters. The summed E-state index contributed by atoms with van der Waals surface area (Å²) in [6.07, 6.45) is 4.49. The number of hydrogen-bond acceptors (Lipinski definition) is 1. The van der Waals surface area contributed by atoms with Crippen molar-refractivity contribution in [2.45, 2.75) is 66.2 Å². The van der Waals surface area contributed by atoms with Gasteiger partial charge in [-0.25, -0.2) is 4.39 Å². The van der Waals surface area contributed by atoms with Gasteiger partial charge in [0.15, 0.2) is 0 Å². The van der Waals surface area contributed by atoms with Gasteiger partial charge in [-0.3, -0.25) is 4.79 Å². The molecule has 2 heteroatoms. The van der Waals surface area contributed by atoms with E-state index >= 15 is 0 Å². The van der Waals surface area contributed by atoms with Crippen LogP contribution in [0.4, 0.5) is 4.39 Å². The lowest BCUT2D eigenvalue weighted by atomic mass is 9.74. The van der Waals surface area contributed by atoms with Crippen LogP contribution in [0.15, 0.2) is 85.6 Å². The Kier molecular flexibility index (Phi) is 10.2. The fourth-order valence-corrected chi connectivity index (χ4v) is 4.37. The third-order valence-electron chi connectivity index (χ3n) is 7.29. The molecule has 0 aliphatic rings. The van der Waals surface area contributed by atoms with Gasteiger partial charge in [-0.15, -0.1) is 12.3 Å². The third kappa shape index (κ3) is 7.51. The molecule has 0 heterocycles. The maximum Gasteiger partial charge on any atom is 0.140 e. The highest BCUT2D eigenvalue weighted by atomic mass is 19.1. The molecule has 186 valence electrons. The standard InChI is InChI=1S/C33H41FO/c1-9-15-31(27-16-13-12-14-17-27)24(6)30(11-3)28-19-25(20-29(34)21-28)18-26(10-2)32(35)22-33(7,8)23(4)5/h10,12-14,16-17,19-21,23,26,31H,2-3,6,9,15,18,22H2,1,4-5,7-8H3. The molecule has 2 atom stereocenters. The minimum atomic E-state index is -0.362. The number of ketones is 1. The molecule has 0 aliphatic carbocycles. The molecule has 0 saturated heterocycles. The van der Waals surface area contributed by atoms with Crippen LogP contribution in [-0.2, 0) is 11.2 Å². The predicted molar refractivity (Wildman–Crippen MR) is 148 cm³/mol. The lowest BCUT2D eigenvalue weighted by molar-refractivity contribution is -0.124. The first kappa shape index (κ1) is 28.3. The Labute approximate surface area is 212 Å². The molecule has 0 saturated carbocycles. The maximum atomic E-state index is 14.8. The van der Waals surface area contributed by atoms with E-state index in [0.717, 1.165) is 29.6 Å². The van der Waals surface area contributed by atoms with E-state index in [4.69, 9.17) is 0 Å². The van der Waals surface area contributed by atoms with E-state index in [-0.39, 0.29) is 28.9 Å². The topological polar surface area (TPSA) is 17.1 Å². The number of carbonyl (C=O) groups excluding carboxylic acids is 1. The Morgan fingerprint density at radius 1 is 1.14 bits per heavy atom. The van der Waals surface area contributed by atoms with Crippen LogP contribution < -0.4 is 0 Å². The van der Waals surface area contributed by atoms with Gasteiger partial charge in [0.05, 0.1) is 0 Å². The minimum absolute atomic E-state index is 0.0953. The summed E-state index contributed by atoms with van der Waals surface area (Å²) in [5, 5.41) is 0. The van der Waals surface area contributed by atoms with Crippen LogP contribution in [0.5, 0.6) is 0 Å². The van der Waals surface area contributed by atoms with Crippen LogP contribution in [-0.4, -0.2) is 5.78 Å². The molecule has 35 heavy (non-hydrogen) atoms. The number of carbonyl (C=O) groups is 1. The van der Waals surface area contributed by atoms with Gasteiger partial charge in [0.1, 0.15) is 11.6 Å². The third-order valence-corrected chi connectivity index (χ3v) is 7.29. The van der Waals surface area contributed by atoms with Gasteiger partial charge in [-0.1, -0.05) is 96.7 Å². The summed E-state index contributed by atoms with van der Waals surface area (Å²) in [4.78, 5) is 13.1. The summed E-state index contributed by atoms with van der Waals surface area (Å²) in [7, 11) is 0. The van der Waals surface area contributed by atoms with E-state index in [1.807, 2.05) is 24.3 Å². The highest BCUT2D eigenvalue weighted by Crippen LogP contribution is 2.37. The molecule has 2 aromatic carbocycles. The second kappa shape index (κ2) is 12.7. The summed E-state index contributed by atoms with van der Waals surface area (Å²) in [5.74, 6) is -0.0927. The van der Waals surface area contributed by atoms with E-state index in [1.165, 1.54) is 17.7 Å². The Bertz CT molecular complexity index is 1080. The number of allylic oxidation sites excluding steroid dienone is 3. The van der Waals surface area contributed by atoms with Gasteiger partial charge < -0.3 is 0 Å². The van der Waals surface area contributed by atoms with Crippen molar-refractivity contribution < 1.29 is 9.18 Å². The van der Waals surface area contributed by atoms with Gasteiger partial charge in [-0.05, 0) is 58.6 Å². The summed E-state index contributed by atoms with van der Waals surface area (Å²) >= 11 is 0. The molecule has 1 nitrogen and oxygen atoms in total. The van der Waals surface area contributed by atoms with Crippen molar-refractivity contribution in [3.8, 4) is 0 Å². The quantitative estimate of drug-likeness (QED) is 0.161. The second-order valence-electron chi connectivity index (χ2n) is 10.5. The molecule has 2 rings (SSSR count). The number of benzene rings is 2. The first-order valence-electron chi connectivity index (χ1n) is 12.6. The molecule has 0 bridgehead atoms.